The molecule has 0 saturated carbocycles. The summed E-state index contributed by atoms with van der Waals surface area (Å²) in [6.45, 7) is 9.22. The number of carbonyl (C=O) groups is 1. The molecule has 0 radical (unpaired) electrons. The van der Waals surface area contributed by atoms with Crippen molar-refractivity contribution in [2.45, 2.75) is 13.8 Å². The Morgan fingerprint density at radius 3 is 1.68 bits per heavy atom. The largest absolute Gasteiger partial charge is 0.378 e. The number of amides is 1. The molecule has 0 heterocycles. The van der Waals surface area contributed by atoms with Crippen LogP contribution in [-0.4, -0.2) is 83.8 Å². The van der Waals surface area contributed by atoms with Crippen LogP contribution in [0.5, 0.6) is 0 Å². The maximum atomic E-state index is 11.6. The highest BCUT2D eigenvalue weighted by atomic mass is 16.6. The third-order valence-corrected chi connectivity index (χ3v) is 2.82. The Morgan fingerprint density at radius 2 is 1.27 bits per heavy atom. The average Bonchev–Trinajstić information content (AvgIpc) is 2.50. The molecule has 2 N–H and O–H groups in total. The van der Waals surface area contributed by atoms with Gasteiger partial charge in [-0.2, -0.15) is 0 Å². The molecular weight excluding hydrogens is 288 g/mol. The zero-order valence-corrected chi connectivity index (χ0v) is 14.2. The predicted octanol–water partition coefficient (Wildman–Crippen LogP) is 0.126. The first-order valence-corrected chi connectivity index (χ1v) is 7.85. The topological polar surface area (TPSA) is 83.2 Å². The second-order valence-corrected chi connectivity index (χ2v) is 5.15. The fourth-order valence-electron chi connectivity index (χ4n) is 1.60. The van der Waals surface area contributed by atoms with E-state index in [0.29, 0.717) is 65.9 Å². The summed E-state index contributed by atoms with van der Waals surface area (Å²) in [6, 6.07) is 0. The summed E-state index contributed by atoms with van der Waals surface area (Å²) in [5.41, 5.74) is 5.29. The van der Waals surface area contributed by atoms with Gasteiger partial charge < -0.3 is 29.6 Å². The van der Waals surface area contributed by atoms with Crippen molar-refractivity contribution in [3.05, 3.63) is 0 Å². The van der Waals surface area contributed by atoms with E-state index < -0.39 is 0 Å². The van der Waals surface area contributed by atoms with Crippen LogP contribution in [0.1, 0.15) is 13.8 Å². The molecule has 0 atom stereocenters. The molecule has 0 aromatic carbocycles. The molecule has 1 amide bonds. The van der Waals surface area contributed by atoms with Crippen LogP contribution in [0.2, 0.25) is 0 Å². The number of hydrogen-bond acceptors (Lipinski definition) is 6. The molecule has 22 heavy (non-hydrogen) atoms. The van der Waals surface area contributed by atoms with E-state index in [0.717, 1.165) is 0 Å². The van der Waals surface area contributed by atoms with E-state index >= 15 is 0 Å². The first-order valence-electron chi connectivity index (χ1n) is 7.85. The Balaban J connectivity index is 3.19. The van der Waals surface area contributed by atoms with Gasteiger partial charge in [0.25, 0.3) is 0 Å². The molecule has 0 aliphatic rings. The van der Waals surface area contributed by atoms with Crippen LogP contribution in [0.3, 0.4) is 0 Å². The average molecular weight is 320 g/mol. The van der Waals surface area contributed by atoms with Crippen LogP contribution in [-0.2, 0) is 23.7 Å². The molecule has 0 unspecified atom stereocenters. The molecule has 7 nitrogen and oxygen atoms in total. The van der Waals surface area contributed by atoms with Crippen LogP contribution >= 0.6 is 0 Å². The van der Waals surface area contributed by atoms with E-state index in [1.165, 1.54) is 0 Å². The van der Waals surface area contributed by atoms with Gasteiger partial charge in [0.15, 0.2) is 0 Å². The zero-order chi connectivity index (χ0) is 16.6. The molecule has 0 aliphatic heterocycles. The first kappa shape index (κ1) is 21.3. The van der Waals surface area contributed by atoms with Gasteiger partial charge >= 0.3 is 0 Å². The van der Waals surface area contributed by atoms with Crippen LogP contribution in [0.15, 0.2) is 0 Å². The molecule has 0 rings (SSSR count). The molecule has 0 saturated heterocycles. The Morgan fingerprint density at radius 1 is 0.864 bits per heavy atom. The maximum Gasteiger partial charge on any atom is 0.224 e. The van der Waals surface area contributed by atoms with Crippen molar-refractivity contribution in [1.29, 1.82) is 0 Å². The summed E-state index contributed by atoms with van der Waals surface area (Å²) in [7, 11) is 1.79. The van der Waals surface area contributed by atoms with E-state index in [4.69, 9.17) is 24.7 Å². The van der Waals surface area contributed by atoms with E-state index in [2.05, 4.69) is 0 Å². The van der Waals surface area contributed by atoms with Gasteiger partial charge in [0, 0.05) is 26.1 Å². The lowest BCUT2D eigenvalue weighted by Gasteiger charge is -2.19. The van der Waals surface area contributed by atoms with Gasteiger partial charge in [-0.1, -0.05) is 13.8 Å². The van der Waals surface area contributed by atoms with Gasteiger partial charge in [-0.25, -0.2) is 0 Å². The second-order valence-electron chi connectivity index (χ2n) is 5.15. The van der Waals surface area contributed by atoms with Crippen molar-refractivity contribution in [2.75, 3.05) is 73.0 Å². The summed E-state index contributed by atoms with van der Waals surface area (Å²) in [6.07, 6.45) is 0. The SMILES string of the molecule is CC(C)C(=O)N(C)CCOCCOCCOCCOCCN. The summed E-state index contributed by atoms with van der Waals surface area (Å²) in [5.74, 6) is 0.154. The van der Waals surface area contributed by atoms with Crippen LogP contribution in [0.4, 0.5) is 0 Å². The summed E-state index contributed by atoms with van der Waals surface area (Å²) >= 11 is 0. The van der Waals surface area contributed by atoms with Crippen LogP contribution < -0.4 is 5.73 Å². The first-order chi connectivity index (χ1) is 10.6. The predicted molar refractivity (Wildman–Crippen MR) is 84.8 cm³/mol. The molecular formula is C15H32N2O5. The zero-order valence-electron chi connectivity index (χ0n) is 14.2. The third kappa shape index (κ3) is 13.0. The lowest BCUT2D eigenvalue weighted by Crippen LogP contribution is -2.33. The lowest BCUT2D eigenvalue weighted by atomic mass is 10.2. The number of carbonyl (C=O) groups excluding carboxylic acids is 1. The van der Waals surface area contributed by atoms with E-state index in [-0.39, 0.29) is 11.8 Å². The summed E-state index contributed by atoms with van der Waals surface area (Å²) in [5, 5.41) is 0. The van der Waals surface area contributed by atoms with Gasteiger partial charge in [-0.05, 0) is 0 Å². The van der Waals surface area contributed by atoms with Crippen molar-refractivity contribution in [3.8, 4) is 0 Å². The number of likely N-dealkylation sites (N-methyl/N-ethyl adjacent to an activating group) is 1. The minimum atomic E-state index is 0.0223. The van der Waals surface area contributed by atoms with E-state index in [1.54, 1.807) is 11.9 Å². The molecule has 0 aliphatic carbocycles. The van der Waals surface area contributed by atoms with Crippen LogP contribution in [0, 0.1) is 5.92 Å². The van der Waals surface area contributed by atoms with Crippen molar-refractivity contribution in [1.82, 2.24) is 4.90 Å². The monoisotopic (exact) mass is 320 g/mol. The molecule has 7 heteroatoms. The quantitative estimate of drug-likeness (QED) is 0.432. The number of nitrogens with two attached hydrogens (primary N) is 1. The lowest BCUT2D eigenvalue weighted by molar-refractivity contribution is -0.133. The number of ether oxygens (including phenoxy) is 4. The highest BCUT2D eigenvalue weighted by Gasteiger charge is 2.11. The Kier molecular flexibility index (Phi) is 14.7. The smallest absolute Gasteiger partial charge is 0.224 e. The van der Waals surface area contributed by atoms with E-state index in [9.17, 15) is 4.79 Å². The minimum absolute atomic E-state index is 0.0223. The van der Waals surface area contributed by atoms with Gasteiger partial charge in [0.05, 0.1) is 52.9 Å². The molecule has 0 aromatic heterocycles. The fraction of sp³-hybridized carbons (Fsp3) is 0.933. The van der Waals surface area contributed by atoms with Crippen molar-refractivity contribution < 1.29 is 23.7 Å². The van der Waals surface area contributed by atoms with Gasteiger partial charge in [0.2, 0.25) is 5.91 Å². The molecule has 0 spiro atoms. The summed E-state index contributed by atoms with van der Waals surface area (Å²) < 4.78 is 21.3. The third-order valence-electron chi connectivity index (χ3n) is 2.82. The standard InChI is InChI=1S/C15H32N2O5/c1-14(2)15(18)17(3)5-7-20-9-11-22-13-12-21-10-8-19-6-4-16/h14H,4-13,16H2,1-3H3. The maximum absolute atomic E-state index is 11.6. The summed E-state index contributed by atoms with van der Waals surface area (Å²) in [4.78, 5) is 13.3. The van der Waals surface area contributed by atoms with Crippen molar-refractivity contribution in [3.63, 3.8) is 0 Å². The van der Waals surface area contributed by atoms with E-state index in [1.807, 2.05) is 13.8 Å². The Labute approximate surface area is 134 Å². The normalized spacial score (nSPS) is 11.1. The second kappa shape index (κ2) is 15.2. The molecule has 132 valence electrons. The van der Waals surface area contributed by atoms with Crippen molar-refractivity contribution >= 4 is 5.91 Å². The molecule has 0 fully saturated rings. The highest BCUT2D eigenvalue weighted by Crippen LogP contribution is 1.98. The van der Waals surface area contributed by atoms with Gasteiger partial charge in [-0.3, -0.25) is 4.79 Å². The fourth-order valence-corrected chi connectivity index (χ4v) is 1.60. The van der Waals surface area contributed by atoms with Crippen molar-refractivity contribution in [2.24, 2.45) is 11.7 Å². The highest BCUT2D eigenvalue weighted by molar-refractivity contribution is 5.77. The van der Waals surface area contributed by atoms with Gasteiger partial charge in [0.1, 0.15) is 0 Å². The minimum Gasteiger partial charge on any atom is -0.378 e. The van der Waals surface area contributed by atoms with Gasteiger partial charge in [-0.15, -0.1) is 0 Å². The molecule has 0 bridgehead atoms. The number of nitrogens with zero attached hydrogens (tertiary/aromatic N) is 1. The molecule has 0 aromatic rings. The van der Waals surface area contributed by atoms with Crippen LogP contribution in [0.25, 0.3) is 0 Å². The Bertz CT molecular complexity index is 264. The number of rotatable bonds is 15. The Hall–Kier alpha value is -0.730. The number of hydrogen-bond donors (Lipinski definition) is 1.